The number of likely N-dealkylation sites (tertiary alicyclic amines) is 1. The van der Waals surface area contributed by atoms with Crippen LogP contribution in [0.1, 0.15) is 18.5 Å². The Labute approximate surface area is 109 Å². The number of nitrogens with zero attached hydrogens (tertiary/aromatic N) is 3. The molecule has 2 fully saturated rings. The van der Waals surface area contributed by atoms with Gasteiger partial charge in [0, 0.05) is 24.2 Å². The summed E-state index contributed by atoms with van der Waals surface area (Å²) in [5.74, 6) is -1.06. The molecule has 1 aromatic heterocycles. The number of amides is 1. The average Bonchev–Trinajstić information content (AvgIpc) is 2.67. The number of aromatic nitrogens is 2. The van der Waals surface area contributed by atoms with E-state index in [0.29, 0.717) is 13.0 Å². The highest BCUT2D eigenvalue weighted by atomic mass is 16.4. The van der Waals surface area contributed by atoms with Crippen LogP contribution in [0.25, 0.3) is 0 Å². The number of aliphatic carboxylic acids is 1. The van der Waals surface area contributed by atoms with Crippen molar-refractivity contribution in [2.45, 2.75) is 38.4 Å². The summed E-state index contributed by atoms with van der Waals surface area (Å²) in [7, 11) is 0. The van der Waals surface area contributed by atoms with E-state index in [1.807, 2.05) is 17.7 Å². The summed E-state index contributed by atoms with van der Waals surface area (Å²) in [4.78, 5) is 27.6. The van der Waals surface area contributed by atoms with Gasteiger partial charge in [-0.25, -0.2) is 14.6 Å². The van der Waals surface area contributed by atoms with Crippen LogP contribution in [0.4, 0.5) is 4.79 Å². The van der Waals surface area contributed by atoms with Gasteiger partial charge >= 0.3 is 12.1 Å². The fraction of sp³-hybridized carbons (Fsp3) is 0.583. The third-order valence-electron chi connectivity index (χ3n) is 4.18. The van der Waals surface area contributed by atoms with Crippen molar-refractivity contribution in [3.8, 4) is 0 Å². The maximum absolute atomic E-state index is 11.2. The highest BCUT2D eigenvalue weighted by Crippen LogP contribution is 2.60. The van der Waals surface area contributed by atoms with Crippen LogP contribution < -0.4 is 0 Å². The smallest absolute Gasteiger partial charge is 0.408 e. The Morgan fingerprint density at radius 2 is 2.21 bits per heavy atom. The lowest BCUT2D eigenvalue weighted by Gasteiger charge is -2.20. The SMILES string of the molecule is Cc1cn(C[C@@]23CC(C(=O)O)N(C(=O)O)[C@@H]2C3)cn1. The van der Waals surface area contributed by atoms with Gasteiger partial charge in [-0.3, -0.25) is 4.90 Å². The van der Waals surface area contributed by atoms with E-state index in [0.717, 1.165) is 17.0 Å². The lowest BCUT2D eigenvalue weighted by molar-refractivity contribution is -0.142. The number of imidazole rings is 1. The third-order valence-corrected chi connectivity index (χ3v) is 4.18. The number of carboxylic acids is 1. The molecule has 2 heterocycles. The first-order valence-corrected chi connectivity index (χ1v) is 6.15. The minimum atomic E-state index is -1.14. The number of rotatable bonds is 3. The van der Waals surface area contributed by atoms with Crippen molar-refractivity contribution >= 4 is 12.1 Å². The molecule has 0 bridgehead atoms. The van der Waals surface area contributed by atoms with E-state index in [-0.39, 0.29) is 11.5 Å². The Bertz CT molecular complexity index is 555. The standard InChI is InChI=1S/C12H15N3O4/c1-7-4-14(6-13-7)5-12-2-8(10(16)17)15(11(18)19)9(12)3-12/h4,6,8-9H,2-3,5H2,1H3,(H,16,17)(H,18,19)/t8?,9-,12+/m1/s1. The van der Waals surface area contributed by atoms with Crippen LogP contribution in [0.5, 0.6) is 0 Å². The maximum Gasteiger partial charge on any atom is 0.408 e. The van der Waals surface area contributed by atoms with E-state index in [1.165, 1.54) is 0 Å². The minimum Gasteiger partial charge on any atom is -0.480 e. The number of fused-ring (bicyclic) bond motifs is 1. The summed E-state index contributed by atoms with van der Waals surface area (Å²) < 4.78 is 1.92. The molecule has 7 nitrogen and oxygen atoms in total. The summed E-state index contributed by atoms with van der Waals surface area (Å²) in [6.45, 7) is 2.52. The first-order valence-electron chi connectivity index (χ1n) is 6.15. The van der Waals surface area contributed by atoms with Crippen molar-refractivity contribution in [3.63, 3.8) is 0 Å². The van der Waals surface area contributed by atoms with E-state index in [1.54, 1.807) is 6.33 Å². The zero-order valence-electron chi connectivity index (χ0n) is 10.5. The Balaban J connectivity index is 1.81. The zero-order valence-corrected chi connectivity index (χ0v) is 10.5. The minimum absolute atomic E-state index is 0.172. The molecule has 1 aromatic rings. The molecule has 1 aliphatic heterocycles. The molecule has 0 spiro atoms. The van der Waals surface area contributed by atoms with E-state index < -0.39 is 18.1 Å². The van der Waals surface area contributed by atoms with Crippen LogP contribution in [0.2, 0.25) is 0 Å². The molecular formula is C12H15N3O4. The molecule has 0 radical (unpaired) electrons. The molecule has 2 N–H and O–H groups in total. The Kier molecular flexibility index (Phi) is 2.35. The topological polar surface area (TPSA) is 95.7 Å². The van der Waals surface area contributed by atoms with Gasteiger partial charge in [0.15, 0.2) is 0 Å². The predicted molar refractivity (Wildman–Crippen MR) is 63.7 cm³/mol. The second kappa shape index (κ2) is 3.72. The van der Waals surface area contributed by atoms with Crippen LogP contribution in [0, 0.1) is 12.3 Å². The quantitative estimate of drug-likeness (QED) is 0.842. The van der Waals surface area contributed by atoms with Gasteiger partial charge in [-0.15, -0.1) is 0 Å². The number of aryl methyl sites for hydroxylation is 1. The highest BCUT2D eigenvalue weighted by molar-refractivity contribution is 5.81. The molecular weight excluding hydrogens is 250 g/mol. The van der Waals surface area contributed by atoms with Gasteiger partial charge < -0.3 is 14.8 Å². The molecule has 1 aliphatic carbocycles. The zero-order chi connectivity index (χ0) is 13.8. The average molecular weight is 265 g/mol. The lowest BCUT2D eigenvalue weighted by Crippen LogP contribution is -2.42. The number of hydrogen-bond acceptors (Lipinski definition) is 3. The van der Waals surface area contributed by atoms with Crippen molar-refractivity contribution in [3.05, 3.63) is 18.2 Å². The number of hydrogen-bond donors (Lipinski definition) is 2. The maximum atomic E-state index is 11.2. The van der Waals surface area contributed by atoms with Gasteiger partial charge in [0.1, 0.15) is 6.04 Å². The number of carbonyl (C=O) groups is 2. The molecule has 1 unspecified atom stereocenters. The molecule has 19 heavy (non-hydrogen) atoms. The monoisotopic (exact) mass is 265 g/mol. The van der Waals surface area contributed by atoms with Gasteiger partial charge in [-0.05, 0) is 19.8 Å². The molecule has 1 amide bonds. The van der Waals surface area contributed by atoms with Crippen LogP contribution >= 0.6 is 0 Å². The molecule has 1 saturated carbocycles. The molecule has 3 atom stereocenters. The summed E-state index contributed by atoms with van der Waals surface area (Å²) in [5, 5.41) is 18.3. The molecule has 2 aliphatic rings. The summed E-state index contributed by atoms with van der Waals surface area (Å²) in [5.41, 5.74) is 0.672. The summed E-state index contributed by atoms with van der Waals surface area (Å²) >= 11 is 0. The van der Waals surface area contributed by atoms with Crippen LogP contribution in [0.3, 0.4) is 0 Å². The van der Waals surface area contributed by atoms with Gasteiger partial charge in [0.2, 0.25) is 0 Å². The highest BCUT2D eigenvalue weighted by Gasteiger charge is 2.67. The first kappa shape index (κ1) is 12.0. The number of piperidine rings is 1. The molecule has 102 valence electrons. The van der Waals surface area contributed by atoms with Crippen molar-refractivity contribution in [1.29, 1.82) is 0 Å². The molecule has 3 rings (SSSR count). The van der Waals surface area contributed by atoms with Gasteiger partial charge in [-0.2, -0.15) is 0 Å². The summed E-state index contributed by atoms with van der Waals surface area (Å²) in [6.07, 6.45) is 3.58. The van der Waals surface area contributed by atoms with Crippen LogP contribution in [-0.2, 0) is 11.3 Å². The number of carboxylic acid groups (broad SMARTS) is 2. The third kappa shape index (κ3) is 1.76. The Morgan fingerprint density at radius 1 is 1.47 bits per heavy atom. The van der Waals surface area contributed by atoms with Crippen LogP contribution in [0.15, 0.2) is 12.5 Å². The van der Waals surface area contributed by atoms with Gasteiger partial charge in [-0.1, -0.05) is 0 Å². The van der Waals surface area contributed by atoms with E-state index >= 15 is 0 Å². The fourth-order valence-corrected chi connectivity index (χ4v) is 3.27. The van der Waals surface area contributed by atoms with Crippen molar-refractivity contribution in [1.82, 2.24) is 14.5 Å². The normalized spacial score (nSPS) is 32.2. The van der Waals surface area contributed by atoms with Crippen molar-refractivity contribution < 1.29 is 19.8 Å². The van der Waals surface area contributed by atoms with Gasteiger partial charge in [0.25, 0.3) is 0 Å². The molecule has 7 heteroatoms. The second-order valence-electron chi connectivity index (χ2n) is 5.52. The van der Waals surface area contributed by atoms with E-state index in [9.17, 15) is 9.59 Å². The lowest BCUT2D eigenvalue weighted by atomic mass is 9.99. The van der Waals surface area contributed by atoms with Gasteiger partial charge in [0.05, 0.1) is 12.0 Å². The largest absolute Gasteiger partial charge is 0.480 e. The Morgan fingerprint density at radius 3 is 2.68 bits per heavy atom. The molecule has 1 saturated heterocycles. The van der Waals surface area contributed by atoms with E-state index in [2.05, 4.69) is 4.98 Å². The van der Waals surface area contributed by atoms with Crippen molar-refractivity contribution in [2.75, 3.05) is 0 Å². The molecule has 0 aromatic carbocycles. The van der Waals surface area contributed by atoms with Crippen LogP contribution in [-0.4, -0.2) is 48.8 Å². The fourth-order valence-electron chi connectivity index (χ4n) is 3.27. The van der Waals surface area contributed by atoms with Crippen molar-refractivity contribution in [2.24, 2.45) is 5.41 Å². The first-order chi connectivity index (χ1) is 8.93. The predicted octanol–water partition coefficient (Wildman–Crippen LogP) is 0.787. The summed E-state index contributed by atoms with van der Waals surface area (Å²) in [6, 6.07) is -1.09. The Hall–Kier alpha value is -2.05. The van der Waals surface area contributed by atoms with E-state index in [4.69, 9.17) is 10.2 Å². The second-order valence-corrected chi connectivity index (χ2v) is 5.52.